The van der Waals surface area contributed by atoms with Crippen LogP contribution in [0.1, 0.15) is 10.5 Å². The predicted molar refractivity (Wildman–Crippen MR) is 90.1 cm³/mol. The summed E-state index contributed by atoms with van der Waals surface area (Å²) in [6.45, 7) is 0. The first kappa shape index (κ1) is 15.4. The summed E-state index contributed by atoms with van der Waals surface area (Å²) in [5.41, 5.74) is 1.75. The molecule has 0 radical (unpaired) electrons. The zero-order valence-corrected chi connectivity index (χ0v) is 13.2. The van der Waals surface area contributed by atoms with Gasteiger partial charge in [-0.05, 0) is 36.4 Å². The first-order chi connectivity index (χ1) is 11.0. The molecule has 0 aliphatic heterocycles. The smallest absolute Gasteiger partial charge is 0.273 e. The van der Waals surface area contributed by atoms with Crippen LogP contribution in [0.3, 0.4) is 0 Å². The number of benzene rings is 2. The van der Waals surface area contributed by atoms with Crippen molar-refractivity contribution in [1.29, 1.82) is 0 Å². The summed E-state index contributed by atoms with van der Waals surface area (Å²) in [6.07, 6.45) is 0. The molecule has 1 heterocycles. The van der Waals surface area contributed by atoms with E-state index >= 15 is 0 Å². The van der Waals surface area contributed by atoms with E-state index in [1.54, 1.807) is 42.5 Å². The van der Waals surface area contributed by atoms with Gasteiger partial charge in [-0.3, -0.25) is 9.89 Å². The first-order valence-corrected chi connectivity index (χ1v) is 7.40. The minimum absolute atomic E-state index is 0.0127. The van der Waals surface area contributed by atoms with Crippen LogP contribution in [0.5, 0.6) is 5.75 Å². The number of para-hydroxylation sites is 2. The molecule has 0 bridgehead atoms. The van der Waals surface area contributed by atoms with Gasteiger partial charge in [-0.1, -0.05) is 35.3 Å². The van der Waals surface area contributed by atoms with Crippen molar-refractivity contribution in [2.45, 2.75) is 0 Å². The van der Waals surface area contributed by atoms with E-state index in [-0.39, 0.29) is 11.4 Å². The Morgan fingerprint density at radius 2 is 1.91 bits per heavy atom. The second-order valence-electron chi connectivity index (χ2n) is 4.76. The van der Waals surface area contributed by atoms with Crippen molar-refractivity contribution < 1.29 is 9.90 Å². The third-order valence-electron chi connectivity index (χ3n) is 3.18. The number of aromatic hydroxyl groups is 1. The van der Waals surface area contributed by atoms with Crippen LogP contribution in [-0.2, 0) is 0 Å². The molecule has 7 heteroatoms. The number of halogens is 2. The second-order valence-corrected chi connectivity index (χ2v) is 5.61. The number of carbonyl (C=O) groups is 1. The summed E-state index contributed by atoms with van der Waals surface area (Å²) < 4.78 is 0. The molecule has 0 saturated carbocycles. The van der Waals surface area contributed by atoms with Gasteiger partial charge >= 0.3 is 0 Å². The molecule has 3 N–H and O–H groups in total. The zero-order chi connectivity index (χ0) is 16.4. The van der Waals surface area contributed by atoms with Gasteiger partial charge in [0.2, 0.25) is 0 Å². The highest BCUT2D eigenvalue weighted by atomic mass is 35.5. The molecule has 0 unspecified atom stereocenters. The summed E-state index contributed by atoms with van der Waals surface area (Å²) in [5.74, 6) is -0.434. The van der Waals surface area contributed by atoms with Gasteiger partial charge in [0.1, 0.15) is 11.4 Å². The number of phenolic OH excluding ortho intramolecular Hbond substituents is 1. The van der Waals surface area contributed by atoms with Crippen LogP contribution >= 0.6 is 23.2 Å². The molecule has 3 aromatic rings. The van der Waals surface area contributed by atoms with Crippen LogP contribution in [0.25, 0.3) is 11.3 Å². The van der Waals surface area contributed by atoms with Crippen molar-refractivity contribution in [1.82, 2.24) is 10.2 Å². The minimum atomic E-state index is -0.421. The molecule has 116 valence electrons. The maximum absolute atomic E-state index is 12.2. The Bertz CT molecular complexity index is 877. The number of H-pyrrole nitrogens is 1. The highest BCUT2D eigenvalue weighted by Gasteiger charge is 2.14. The van der Waals surface area contributed by atoms with Crippen molar-refractivity contribution in [2.24, 2.45) is 0 Å². The Balaban J connectivity index is 1.84. The van der Waals surface area contributed by atoms with Crippen molar-refractivity contribution in [2.75, 3.05) is 5.32 Å². The zero-order valence-electron chi connectivity index (χ0n) is 11.7. The van der Waals surface area contributed by atoms with Crippen molar-refractivity contribution in [3.8, 4) is 17.0 Å². The Hall–Kier alpha value is -2.50. The van der Waals surface area contributed by atoms with Gasteiger partial charge in [-0.15, -0.1) is 0 Å². The number of nitrogens with zero attached hydrogens (tertiary/aromatic N) is 1. The van der Waals surface area contributed by atoms with E-state index in [9.17, 15) is 9.90 Å². The lowest BCUT2D eigenvalue weighted by atomic mass is 10.1. The number of nitrogens with one attached hydrogen (secondary N) is 2. The van der Waals surface area contributed by atoms with Crippen LogP contribution < -0.4 is 5.32 Å². The normalized spacial score (nSPS) is 10.5. The van der Waals surface area contributed by atoms with Crippen LogP contribution in [0.15, 0.2) is 48.5 Å². The van der Waals surface area contributed by atoms with Gasteiger partial charge < -0.3 is 10.4 Å². The van der Waals surface area contributed by atoms with E-state index in [0.717, 1.165) is 0 Å². The fraction of sp³-hybridized carbons (Fsp3) is 0. The van der Waals surface area contributed by atoms with Crippen molar-refractivity contribution in [3.05, 3.63) is 64.3 Å². The van der Waals surface area contributed by atoms with E-state index in [4.69, 9.17) is 23.2 Å². The molecule has 5 nitrogen and oxygen atoms in total. The molecule has 0 spiro atoms. The van der Waals surface area contributed by atoms with Gasteiger partial charge in [0.15, 0.2) is 0 Å². The summed E-state index contributed by atoms with van der Waals surface area (Å²) in [6, 6.07) is 13.1. The molecule has 0 saturated heterocycles. The summed E-state index contributed by atoms with van der Waals surface area (Å²) in [5, 5.41) is 20.0. The molecule has 0 atom stereocenters. The van der Waals surface area contributed by atoms with Crippen LogP contribution in [0.4, 0.5) is 5.69 Å². The molecule has 1 aromatic heterocycles. The number of aromatic nitrogens is 2. The van der Waals surface area contributed by atoms with Crippen LogP contribution in [0, 0.1) is 0 Å². The third-order valence-corrected chi connectivity index (χ3v) is 3.73. The Morgan fingerprint density at radius 1 is 1.13 bits per heavy atom. The van der Waals surface area contributed by atoms with E-state index < -0.39 is 5.91 Å². The molecule has 2 aromatic carbocycles. The highest BCUT2D eigenvalue weighted by molar-refractivity contribution is 6.36. The lowest BCUT2D eigenvalue weighted by molar-refractivity contribution is 0.102. The quantitative estimate of drug-likeness (QED) is 0.616. The second kappa shape index (κ2) is 6.32. The minimum Gasteiger partial charge on any atom is -0.506 e. The topological polar surface area (TPSA) is 78.0 Å². The van der Waals surface area contributed by atoms with Crippen molar-refractivity contribution >= 4 is 34.8 Å². The first-order valence-electron chi connectivity index (χ1n) is 6.65. The largest absolute Gasteiger partial charge is 0.506 e. The monoisotopic (exact) mass is 347 g/mol. The number of carbonyl (C=O) groups excluding carboxylic acids is 1. The number of rotatable bonds is 3. The Labute approximate surface area is 141 Å². The fourth-order valence-corrected chi connectivity index (χ4v) is 2.55. The van der Waals surface area contributed by atoms with E-state index in [0.29, 0.717) is 27.0 Å². The van der Waals surface area contributed by atoms with Gasteiger partial charge in [-0.25, -0.2) is 0 Å². The lowest BCUT2D eigenvalue weighted by Crippen LogP contribution is -2.12. The number of anilines is 1. The predicted octanol–water partition coefficient (Wildman–Crippen LogP) is 4.34. The SMILES string of the molecule is O=C(Nc1ccccc1O)c1cc(-c2ccc(Cl)cc2Cl)n[nH]1. The fourth-order valence-electron chi connectivity index (χ4n) is 2.04. The number of amides is 1. The Morgan fingerprint density at radius 3 is 2.65 bits per heavy atom. The molecule has 0 fully saturated rings. The number of hydrogen-bond acceptors (Lipinski definition) is 3. The molecular weight excluding hydrogens is 337 g/mol. The maximum Gasteiger partial charge on any atom is 0.273 e. The number of aromatic amines is 1. The average Bonchev–Trinajstić information content (AvgIpc) is 2.99. The van der Waals surface area contributed by atoms with Gasteiger partial charge in [0, 0.05) is 10.6 Å². The summed E-state index contributed by atoms with van der Waals surface area (Å²) >= 11 is 12.0. The highest BCUT2D eigenvalue weighted by Crippen LogP contribution is 2.29. The molecular formula is C16H11Cl2N3O2. The van der Waals surface area contributed by atoms with Crippen LogP contribution in [0.2, 0.25) is 10.0 Å². The van der Waals surface area contributed by atoms with E-state index in [2.05, 4.69) is 15.5 Å². The van der Waals surface area contributed by atoms with Gasteiger partial charge in [0.05, 0.1) is 16.4 Å². The van der Waals surface area contributed by atoms with Gasteiger partial charge in [0.25, 0.3) is 5.91 Å². The van der Waals surface area contributed by atoms with Gasteiger partial charge in [-0.2, -0.15) is 5.10 Å². The third kappa shape index (κ3) is 3.31. The van der Waals surface area contributed by atoms with Crippen LogP contribution in [-0.4, -0.2) is 21.2 Å². The lowest BCUT2D eigenvalue weighted by Gasteiger charge is -2.05. The Kier molecular flexibility index (Phi) is 4.23. The number of hydrogen-bond donors (Lipinski definition) is 3. The van der Waals surface area contributed by atoms with Crippen molar-refractivity contribution in [3.63, 3.8) is 0 Å². The molecule has 3 rings (SSSR count). The average molecular weight is 348 g/mol. The molecule has 23 heavy (non-hydrogen) atoms. The molecule has 1 amide bonds. The van der Waals surface area contributed by atoms with E-state index in [1.807, 2.05) is 0 Å². The van der Waals surface area contributed by atoms with E-state index in [1.165, 1.54) is 6.07 Å². The number of phenols is 1. The standard InChI is InChI=1S/C16H11Cl2N3O2/c17-9-5-6-10(11(18)7-9)13-8-14(21-20-13)16(23)19-12-3-1-2-4-15(12)22/h1-8,22H,(H,19,23)(H,20,21). The molecule has 0 aliphatic rings. The maximum atomic E-state index is 12.2. The summed E-state index contributed by atoms with van der Waals surface area (Å²) in [7, 11) is 0. The molecule has 0 aliphatic carbocycles. The summed E-state index contributed by atoms with van der Waals surface area (Å²) in [4.78, 5) is 12.2.